The Kier molecular flexibility index (Phi) is 5.21. The van der Waals surface area contributed by atoms with Crippen molar-refractivity contribution in [3.05, 3.63) is 82.4 Å². The number of carbonyl (C=O) groups is 2. The van der Waals surface area contributed by atoms with Gasteiger partial charge in [-0.3, -0.25) is 14.3 Å². The van der Waals surface area contributed by atoms with Gasteiger partial charge in [0.05, 0.1) is 16.9 Å². The summed E-state index contributed by atoms with van der Waals surface area (Å²) in [6, 6.07) is 16.4. The first-order valence-corrected chi connectivity index (χ1v) is 9.80. The number of nitrogens with one attached hydrogen (secondary N) is 2. The number of esters is 1. The average Bonchev–Trinajstić information content (AvgIpc) is 3.29. The third-order valence-corrected chi connectivity index (χ3v) is 5.26. The van der Waals surface area contributed by atoms with Crippen molar-refractivity contribution in [3.8, 4) is 5.69 Å². The van der Waals surface area contributed by atoms with Gasteiger partial charge in [-0.1, -0.05) is 36.4 Å². The summed E-state index contributed by atoms with van der Waals surface area (Å²) in [6.45, 7) is 3.20. The lowest BCUT2D eigenvalue weighted by atomic mass is 10.2. The van der Waals surface area contributed by atoms with Crippen molar-refractivity contribution in [1.29, 1.82) is 0 Å². The number of carbonyl (C=O) groups excluding carboxylic acids is 2. The molecular formula is C23H22N4O4. The molecule has 0 spiro atoms. The number of ether oxygens (including phenoxy) is 1. The number of hydrogen-bond donors (Lipinski definition) is 2. The number of aromatic amines is 1. The van der Waals surface area contributed by atoms with Crippen LogP contribution in [0.2, 0.25) is 0 Å². The van der Waals surface area contributed by atoms with E-state index in [1.54, 1.807) is 43.0 Å². The quantitative estimate of drug-likeness (QED) is 0.487. The minimum absolute atomic E-state index is 0.145. The van der Waals surface area contributed by atoms with Gasteiger partial charge in [0.25, 0.3) is 11.5 Å². The van der Waals surface area contributed by atoms with E-state index >= 15 is 0 Å². The highest BCUT2D eigenvalue weighted by molar-refractivity contribution is 6.05. The molecule has 4 aromatic rings. The average molecular weight is 418 g/mol. The SMILES string of the molecule is Cc1c(NC(=O)[C@@H](C)OC(=O)c2c[nH]c3ccccc23)c(=O)n(-c2ccccc2)n1C. The van der Waals surface area contributed by atoms with Crippen LogP contribution in [0.25, 0.3) is 16.6 Å². The molecule has 0 aliphatic carbocycles. The fourth-order valence-electron chi connectivity index (χ4n) is 3.46. The Balaban J connectivity index is 1.53. The molecule has 8 nitrogen and oxygen atoms in total. The Labute approximate surface area is 178 Å². The Morgan fingerprint density at radius 3 is 2.48 bits per heavy atom. The molecule has 4 rings (SSSR count). The predicted octanol–water partition coefficient (Wildman–Crippen LogP) is 3.15. The second-order valence-corrected chi connectivity index (χ2v) is 7.22. The molecule has 1 amide bonds. The Morgan fingerprint density at radius 2 is 1.74 bits per heavy atom. The van der Waals surface area contributed by atoms with Gasteiger partial charge in [0.15, 0.2) is 6.10 Å². The molecule has 0 saturated carbocycles. The molecule has 0 aliphatic heterocycles. The molecule has 31 heavy (non-hydrogen) atoms. The molecule has 158 valence electrons. The fourth-order valence-corrected chi connectivity index (χ4v) is 3.46. The number of nitrogens with zero attached hydrogens (tertiary/aromatic N) is 2. The Morgan fingerprint density at radius 1 is 1.06 bits per heavy atom. The van der Waals surface area contributed by atoms with Crippen molar-refractivity contribution in [2.75, 3.05) is 5.32 Å². The zero-order valence-corrected chi connectivity index (χ0v) is 17.4. The number of rotatable bonds is 5. The van der Waals surface area contributed by atoms with Crippen molar-refractivity contribution in [3.63, 3.8) is 0 Å². The molecule has 2 heterocycles. The van der Waals surface area contributed by atoms with Crippen LogP contribution in [0, 0.1) is 6.92 Å². The van der Waals surface area contributed by atoms with Crippen LogP contribution in [0.4, 0.5) is 5.69 Å². The molecule has 0 saturated heterocycles. The summed E-state index contributed by atoms with van der Waals surface area (Å²) < 4.78 is 8.48. The van der Waals surface area contributed by atoms with Crippen molar-refractivity contribution in [1.82, 2.24) is 14.3 Å². The van der Waals surface area contributed by atoms with E-state index in [0.717, 1.165) is 5.52 Å². The Bertz CT molecular complexity index is 1330. The van der Waals surface area contributed by atoms with Gasteiger partial charge < -0.3 is 15.0 Å². The van der Waals surface area contributed by atoms with Crippen molar-refractivity contribution in [2.45, 2.75) is 20.0 Å². The second kappa shape index (κ2) is 7.98. The van der Waals surface area contributed by atoms with E-state index in [1.165, 1.54) is 11.6 Å². The monoisotopic (exact) mass is 418 g/mol. The number of para-hydroxylation sites is 2. The molecular weight excluding hydrogens is 396 g/mol. The minimum Gasteiger partial charge on any atom is -0.449 e. The van der Waals surface area contributed by atoms with Gasteiger partial charge in [-0.15, -0.1) is 0 Å². The molecule has 0 unspecified atom stereocenters. The van der Waals surface area contributed by atoms with Gasteiger partial charge in [-0.25, -0.2) is 9.48 Å². The van der Waals surface area contributed by atoms with Crippen LogP contribution in [-0.4, -0.2) is 32.3 Å². The van der Waals surface area contributed by atoms with E-state index in [-0.39, 0.29) is 11.2 Å². The van der Waals surface area contributed by atoms with E-state index in [4.69, 9.17) is 4.74 Å². The van der Waals surface area contributed by atoms with Crippen LogP contribution in [-0.2, 0) is 16.6 Å². The third kappa shape index (κ3) is 3.63. The number of anilines is 1. The molecule has 2 aromatic heterocycles. The lowest BCUT2D eigenvalue weighted by molar-refractivity contribution is -0.123. The van der Waals surface area contributed by atoms with Crippen molar-refractivity contribution in [2.24, 2.45) is 7.05 Å². The first-order valence-electron chi connectivity index (χ1n) is 9.80. The fraction of sp³-hybridized carbons (Fsp3) is 0.174. The van der Waals surface area contributed by atoms with E-state index in [0.29, 0.717) is 22.3 Å². The number of H-pyrrole nitrogens is 1. The molecule has 0 fully saturated rings. The van der Waals surface area contributed by atoms with Crippen molar-refractivity contribution < 1.29 is 14.3 Å². The summed E-state index contributed by atoms with van der Waals surface area (Å²) in [4.78, 5) is 41.2. The number of benzene rings is 2. The smallest absolute Gasteiger partial charge is 0.341 e. The van der Waals surface area contributed by atoms with Crippen molar-refractivity contribution >= 4 is 28.5 Å². The first-order chi connectivity index (χ1) is 14.9. The highest BCUT2D eigenvalue weighted by Crippen LogP contribution is 2.19. The molecule has 1 atom stereocenters. The summed E-state index contributed by atoms with van der Waals surface area (Å²) in [5.41, 5.74) is 2.18. The molecule has 0 radical (unpaired) electrons. The molecule has 0 bridgehead atoms. The van der Waals surface area contributed by atoms with Gasteiger partial charge in [-0.05, 0) is 32.0 Å². The summed E-state index contributed by atoms with van der Waals surface area (Å²) in [7, 11) is 1.74. The molecule has 2 N–H and O–H groups in total. The molecule has 0 aliphatic rings. The van der Waals surface area contributed by atoms with E-state index < -0.39 is 18.0 Å². The second-order valence-electron chi connectivity index (χ2n) is 7.22. The van der Waals surface area contributed by atoms with Crippen LogP contribution in [0.15, 0.2) is 65.6 Å². The van der Waals surface area contributed by atoms with Crippen LogP contribution < -0.4 is 10.9 Å². The van der Waals surface area contributed by atoms with Crippen LogP contribution in [0.5, 0.6) is 0 Å². The topological polar surface area (TPSA) is 98.1 Å². The maximum Gasteiger partial charge on any atom is 0.341 e. The first kappa shape index (κ1) is 20.2. The van der Waals surface area contributed by atoms with Gasteiger partial charge in [0, 0.05) is 24.1 Å². The number of fused-ring (bicyclic) bond motifs is 1. The lowest BCUT2D eigenvalue weighted by Gasteiger charge is -2.12. The zero-order chi connectivity index (χ0) is 22.1. The summed E-state index contributed by atoms with van der Waals surface area (Å²) in [5.74, 6) is -1.20. The molecule has 8 heteroatoms. The Hall–Kier alpha value is -4.07. The summed E-state index contributed by atoms with van der Waals surface area (Å²) in [5, 5.41) is 3.33. The van der Waals surface area contributed by atoms with Gasteiger partial charge in [0.1, 0.15) is 5.69 Å². The number of amides is 1. The lowest BCUT2D eigenvalue weighted by Crippen LogP contribution is -2.32. The van der Waals surface area contributed by atoms with E-state index in [2.05, 4.69) is 10.3 Å². The largest absolute Gasteiger partial charge is 0.449 e. The normalized spacial score (nSPS) is 12.0. The van der Waals surface area contributed by atoms with Gasteiger partial charge in [0.2, 0.25) is 0 Å². The van der Waals surface area contributed by atoms with Crippen LogP contribution in [0.1, 0.15) is 23.0 Å². The van der Waals surface area contributed by atoms with E-state index in [9.17, 15) is 14.4 Å². The molecule has 2 aromatic carbocycles. The predicted molar refractivity (Wildman–Crippen MR) is 118 cm³/mol. The summed E-state index contributed by atoms with van der Waals surface area (Å²) >= 11 is 0. The zero-order valence-electron chi connectivity index (χ0n) is 17.4. The minimum atomic E-state index is -1.09. The maximum absolute atomic E-state index is 12.9. The van der Waals surface area contributed by atoms with Crippen LogP contribution >= 0.6 is 0 Å². The van der Waals surface area contributed by atoms with Crippen LogP contribution in [0.3, 0.4) is 0 Å². The van der Waals surface area contributed by atoms with Gasteiger partial charge in [-0.2, -0.15) is 0 Å². The van der Waals surface area contributed by atoms with E-state index in [1.807, 2.05) is 36.4 Å². The maximum atomic E-state index is 12.9. The standard InChI is InChI=1S/C23H22N4O4/c1-14-20(22(29)27(26(14)3)16-9-5-4-6-10-16)25-21(28)15(2)31-23(30)18-13-24-19-12-8-7-11-17(18)19/h4-13,15,24H,1-3H3,(H,25,28)/t15-/m1/s1. The summed E-state index contributed by atoms with van der Waals surface area (Å²) in [6.07, 6.45) is 0.461. The van der Waals surface area contributed by atoms with Gasteiger partial charge >= 0.3 is 5.97 Å². The highest BCUT2D eigenvalue weighted by atomic mass is 16.5. The number of aromatic nitrogens is 3. The highest BCUT2D eigenvalue weighted by Gasteiger charge is 2.24. The third-order valence-electron chi connectivity index (χ3n) is 5.26. The number of hydrogen-bond acceptors (Lipinski definition) is 4.